The number of hydrogen-bond donors (Lipinski definition) is 1. The molecule has 1 aliphatic rings. The summed E-state index contributed by atoms with van der Waals surface area (Å²) in [6.45, 7) is 2.10. The first-order chi connectivity index (χ1) is 12.6. The molecule has 0 fully saturated rings. The van der Waals surface area contributed by atoms with Gasteiger partial charge < -0.3 is 4.90 Å². The number of anilines is 2. The van der Waals surface area contributed by atoms with Crippen LogP contribution in [0.25, 0.3) is 10.2 Å². The van der Waals surface area contributed by atoms with Gasteiger partial charge >= 0.3 is 0 Å². The van der Waals surface area contributed by atoms with E-state index in [1.54, 1.807) is 17.7 Å². The lowest BCUT2D eigenvalue weighted by molar-refractivity contribution is 0.700. The van der Waals surface area contributed by atoms with E-state index in [4.69, 9.17) is 0 Å². The van der Waals surface area contributed by atoms with Gasteiger partial charge in [-0.05, 0) is 61.4 Å². The highest BCUT2D eigenvalue weighted by Crippen LogP contribution is 2.38. The number of hydrogen-bond acceptors (Lipinski definition) is 6. The van der Waals surface area contributed by atoms with E-state index in [-0.39, 0.29) is 0 Å². The van der Waals surface area contributed by atoms with E-state index in [2.05, 4.69) is 50.5 Å². The lowest BCUT2D eigenvalue weighted by Crippen LogP contribution is -2.09. The second-order valence-corrected chi connectivity index (χ2v) is 8.00. The molecule has 0 unspecified atom stereocenters. The van der Waals surface area contributed by atoms with Crippen molar-refractivity contribution in [3.05, 3.63) is 46.1 Å². The molecule has 6 heteroatoms. The molecule has 0 spiro atoms. The zero-order valence-corrected chi connectivity index (χ0v) is 16.2. The van der Waals surface area contributed by atoms with E-state index in [1.165, 1.54) is 34.5 Å². The van der Waals surface area contributed by atoms with Crippen LogP contribution in [-0.4, -0.2) is 30.3 Å². The molecule has 0 bridgehead atoms. The third kappa shape index (κ3) is 3.17. The zero-order chi connectivity index (χ0) is 18.1. The number of aryl methyl sites for hydroxylation is 3. The highest BCUT2D eigenvalue weighted by molar-refractivity contribution is 7.19. The Morgan fingerprint density at radius 3 is 2.85 bits per heavy atom. The standard InChI is InChI=1S/C20H23N5S/c1-13-10-15(25(2)3)9-8-14(13)11-23-24-19-18-16-6-4-5-7-17(16)26-20(18)22-12-21-19/h8-12H,4-7H2,1-3H3,(H,21,22,24)/b23-11-. The van der Waals surface area contributed by atoms with Gasteiger partial charge in [0, 0.05) is 24.7 Å². The summed E-state index contributed by atoms with van der Waals surface area (Å²) < 4.78 is 0. The Labute approximate surface area is 157 Å². The minimum Gasteiger partial charge on any atom is -0.378 e. The Bertz CT molecular complexity index is 974. The van der Waals surface area contributed by atoms with Gasteiger partial charge in [0.25, 0.3) is 0 Å². The molecule has 2 aromatic heterocycles. The molecule has 1 aromatic carbocycles. The normalized spacial score (nSPS) is 14.0. The van der Waals surface area contributed by atoms with Crippen LogP contribution in [0.5, 0.6) is 0 Å². The highest BCUT2D eigenvalue weighted by Gasteiger charge is 2.19. The Kier molecular flexibility index (Phi) is 4.59. The fraction of sp³-hybridized carbons (Fsp3) is 0.350. The fourth-order valence-corrected chi connectivity index (χ4v) is 4.65. The molecule has 4 rings (SSSR count). The molecule has 5 nitrogen and oxygen atoms in total. The van der Waals surface area contributed by atoms with Crippen LogP contribution in [0.4, 0.5) is 11.5 Å². The number of rotatable bonds is 4. The van der Waals surface area contributed by atoms with Crippen molar-refractivity contribution in [2.24, 2.45) is 5.10 Å². The molecule has 0 radical (unpaired) electrons. The lowest BCUT2D eigenvalue weighted by Gasteiger charge is -2.13. The molecule has 2 heterocycles. The Hall–Kier alpha value is -2.47. The summed E-state index contributed by atoms with van der Waals surface area (Å²) in [7, 11) is 4.10. The third-order valence-electron chi connectivity index (χ3n) is 4.90. The van der Waals surface area contributed by atoms with Crippen LogP contribution >= 0.6 is 11.3 Å². The summed E-state index contributed by atoms with van der Waals surface area (Å²) in [5.74, 6) is 0.813. The predicted octanol–water partition coefficient (Wildman–Crippen LogP) is 4.39. The van der Waals surface area contributed by atoms with Crippen molar-refractivity contribution >= 4 is 39.3 Å². The van der Waals surface area contributed by atoms with Gasteiger partial charge in [0.15, 0.2) is 5.82 Å². The first-order valence-electron chi connectivity index (χ1n) is 8.96. The second kappa shape index (κ2) is 7.03. The van der Waals surface area contributed by atoms with Crippen LogP contribution in [0.1, 0.15) is 34.4 Å². The summed E-state index contributed by atoms with van der Waals surface area (Å²) in [5.41, 5.74) is 8.05. The predicted molar refractivity (Wildman–Crippen MR) is 111 cm³/mol. The topological polar surface area (TPSA) is 53.4 Å². The van der Waals surface area contributed by atoms with E-state index in [9.17, 15) is 0 Å². The van der Waals surface area contributed by atoms with Crippen molar-refractivity contribution in [1.82, 2.24) is 9.97 Å². The number of benzene rings is 1. The molecule has 134 valence electrons. The SMILES string of the molecule is Cc1cc(N(C)C)ccc1/C=N\Nc1ncnc2sc3c(c12)CCCC3. The average molecular weight is 366 g/mol. The maximum absolute atomic E-state index is 4.46. The summed E-state index contributed by atoms with van der Waals surface area (Å²) >= 11 is 1.80. The molecule has 0 saturated heterocycles. The number of fused-ring (bicyclic) bond motifs is 3. The quantitative estimate of drug-likeness (QED) is 0.550. The minimum absolute atomic E-state index is 0.813. The van der Waals surface area contributed by atoms with Crippen LogP contribution in [0.3, 0.4) is 0 Å². The van der Waals surface area contributed by atoms with Gasteiger partial charge in [-0.15, -0.1) is 11.3 Å². The second-order valence-electron chi connectivity index (χ2n) is 6.92. The molecular weight excluding hydrogens is 342 g/mol. The van der Waals surface area contributed by atoms with Crippen molar-refractivity contribution in [2.75, 3.05) is 24.4 Å². The van der Waals surface area contributed by atoms with Crippen molar-refractivity contribution in [1.29, 1.82) is 0 Å². The smallest absolute Gasteiger partial charge is 0.158 e. The van der Waals surface area contributed by atoms with E-state index in [0.29, 0.717) is 0 Å². The Balaban J connectivity index is 1.60. The maximum Gasteiger partial charge on any atom is 0.158 e. The monoisotopic (exact) mass is 365 g/mol. The van der Waals surface area contributed by atoms with Gasteiger partial charge in [0.1, 0.15) is 11.2 Å². The van der Waals surface area contributed by atoms with Gasteiger partial charge in [-0.25, -0.2) is 9.97 Å². The molecule has 0 saturated carbocycles. The lowest BCUT2D eigenvalue weighted by atomic mass is 9.97. The summed E-state index contributed by atoms with van der Waals surface area (Å²) in [5, 5.41) is 5.61. The number of nitrogens with one attached hydrogen (secondary N) is 1. The summed E-state index contributed by atoms with van der Waals surface area (Å²) in [6.07, 6.45) is 8.29. The van der Waals surface area contributed by atoms with Crippen LogP contribution < -0.4 is 10.3 Å². The van der Waals surface area contributed by atoms with Gasteiger partial charge in [-0.3, -0.25) is 5.43 Å². The van der Waals surface area contributed by atoms with Crippen LogP contribution in [0.15, 0.2) is 29.6 Å². The first-order valence-corrected chi connectivity index (χ1v) is 9.77. The number of aromatic nitrogens is 2. The highest BCUT2D eigenvalue weighted by atomic mass is 32.1. The van der Waals surface area contributed by atoms with Crippen molar-refractivity contribution in [3.8, 4) is 0 Å². The van der Waals surface area contributed by atoms with E-state index >= 15 is 0 Å². The van der Waals surface area contributed by atoms with Crippen molar-refractivity contribution in [3.63, 3.8) is 0 Å². The molecule has 26 heavy (non-hydrogen) atoms. The molecule has 1 aliphatic carbocycles. The van der Waals surface area contributed by atoms with Gasteiger partial charge in [0.2, 0.25) is 0 Å². The first kappa shape index (κ1) is 17.0. The molecule has 0 aliphatic heterocycles. The molecule has 3 aromatic rings. The van der Waals surface area contributed by atoms with Crippen LogP contribution in [0, 0.1) is 6.92 Å². The average Bonchev–Trinajstić information content (AvgIpc) is 3.02. The van der Waals surface area contributed by atoms with E-state index < -0.39 is 0 Å². The maximum atomic E-state index is 4.46. The summed E-state index contributed by atoms with van der Waals surface area (Å²) in [6, 6.07) is 6.36. The number of thiophene rings is 1. The van der Waals surface area contributed by atoms with Gasteiger partial charge in [0.05, 0.1) is 11.6 Å². The van der Waals surface area contributed by atoms with Crippen molar-refractivity contribution in [2.45, 2.75) is 32.6 Å². The van der Waals surface area contributed by atoms with Crippen LogP contribution in [-0.2, 0) is 12.8 Å². The Morgan fingerprint density at radius 2 is 2.04 bits per heavy atom. The molecule has 0 atom stereocenters. The Morgan fingerprint density at radius 1 is 1.19 bits per heavy atom. The molecule has 0 amide bonds. The summed E-state index contributed by atoms with van der Waals surface area (Å²) in [4.78, 5) is 13.5. The molecular formula is C20H23N5S. The van der Waals surface area contributed by atoms with E-state index in [0.717, 1.165) is 34.4 Å². The fourth-order valence-electron chi connectivity index (χ4n) is 3.42. The number of nitrogens with zero attached hydrogens (tertiary/aromatic N) is 4. The van der Waals surface area contributed by atoms with Gasteiger partial charge in [-0.1, -0.05) is 6.07 Å². The van der Waals surface area contributed by atoms with Gasteiger partial charge in [-0.2, -0.15) is 5.10 Å². The zero-order valence-electron chi connectivity index (χ0n) is 15.4. The van der Waals surface area contributed by atoms with Crippen LogP contribution in [0.2, 0.25) is 0 Å². The molecule has 1 N–H and O–H groups in total. The third-order valence-corrected chi connectivity index (χ3v) is 6.10. The minimum atomic E-state index is 0.813. The van der Waals surface area contributed by atoms with E-state index in [1.807, 2.05) is 20.3 Å². The largest absolute Gasteiger partial charge is 0.378 e. The number of hydrazone groups is 1. The van der Waals surface area contributed by atoms with Crippen molar-refractivity contribution < 1.29 is 0 Å².